The summed E-state index contributed by atoms with van der Waals surface area (Å²) in [6.07, 6.45) is 3.93. The third-order valence-electron chi connectivity index (χ3n) is 3.50. The molecule has 0 atom stereocenters. The molecule has 2 saturated carbocycles. The Hall–Kier alpha value is -0.920. The highest BCUT2D eigenvalue weighted by atomic mass is 32.2. The highest BCUT2D eigenvalue weighted by Gasteiger charge is 2.42. The number of hydrogen-bond acceptors (Lipinski definition) is 4. The van der Waals surface area contributed by atoms with Gasteiger partial charge in [0.05, 0.1) is 0 Å². The third kappa shape index (κ3) is 2.54. The van der Waals surface area contributed by atoms with E-state index in [4.69, 9.17) is 5.11 Å². The van der Waals surface area contributed by atoms with Gasteiger partial charge in [-0.15, -0.1) is 11.3 Å². The van der Waals surface area contributed by atoms with Crippen LogP contribution in [0.3, 0.4) is 0 Å². The van der Waals surface area contributed by atoms with E-state index in [0.29, 0.717) is 12.5 Å². The summed E-state index contributed by atoms with van der Waals surface area (Å²) in [6, 6.07) is 1.48. The Bertz CT molecular complexity index is 599. The maximum Gasteiger partial charge on any atom is 0.347 e. The number of carboxylic acid groups (broad SMARTS) is 1. The molecular formula is C12H15NO4S2. The summed E-state index contributed by atoms with van der Waals surface area (Å²) in [4.78, 5) is 11.0. The van der Waals surface area contributed by atoms with E-state index >= 15 is 0 Å². The van der Waals surface area contributed by atoms with Crippen molar-refractivity contribution in [3.63, 3.8) is 0 Å². The van der Waals surface area contributed by atoms with Crippen LogP contribution in [0.1, 0.15) is 35.4 Å². The largest absolute Gasteiger partial charge is 0.477 e. The summed E-state index contributed by atoms with van der Waals surface area (Å²) in [7, 11) is -3.66. The lowest BCUT2D eigenvalue weighted by Crippen LogP contribution is -2.35. The Kier molecular flexibility index (Phi) is 3.15. The smallest absolute Gasteiger partial charge is 0.347 e. The number of aromatic carboxylic acids is 1. The third-order valence-corrected chi connectivity index (χ3v) is 6.49. The molecule has 0 saturated heterocycles. The summed E-state index contributed by atoms with van der Waals surface area (Å²) >= 11 is 0.963. The highest BCUT2D eigenvalue weighted by Crippen LogP contribution is 2.39. The molecule has 2 aliphatic rings. The molecule has 0 unspecified atom stereocenters. The first kappa shape index (κ1) is 13.1. The molecule has 0 bridgehead atoms. The molecule has 2 aliphatic carbocycles. The Balaban J connectivity index is 1.94. The Morgan fingerprint density at radius 3 is 2.58 bits per heavy atom. The highest BCUT2D eigenvalue weighted by molar-refractivity contribution is 7.89. The molecule has 1 heterocycles. The predicted octanol–water partition coefficient (Wildman–Crippen LogP) is 2.01. The molecule has 2 fully saturated rings. The average molecular weight is 301 g/mol. The van der Waals surface area contributed by atoms with Gasteiger partial charge in [0.15, 0.2) is 0 Å². The number of hydrogen-bond donors (Lipinski definition) is 1. The van der Waals surface area contributed by atoms with Gasteiger partial charge in [0, 0.05) is 12.6 Å². The van der Waals surface area contributed by atoms with E-state index in [2.05, 4.69) is 0 Å². The van der Waals surface area contributed by atoms with Crippen molar-refractivity contribution >= 4 is 27.3 Å². The molecule has 19 heavy (non-hydrogen) atoms. The fourth-order valence-corrected chi connectivity index (χ4v) is 5.14. The first-order valence-corrected chi connectivity index (χ1v) is 8.64. The molecule has 7 heteroatoms. The molecule has 104 valence electrons. The molecule has 0 radical (unpaired) electrons. The minimum absolute atomic E-state index is 0.0439. The summed E-state index contributed by atoms with van der Waals surface area (Å²) < 4.78 is 26.8. The van der Waals surface area contributed by atoms with Gasteiger partial charge in [-0.2, -0.15) is 4.31 Å². The SMILES string of the molecule is O=C(O)c1sccc1S(=O)(=O)N(CC1CC1)C1CC1. The van der Waals surface area contributed by atoms with Crippen molar-refractivity contribution in [2.75, 3.05) is 6.54 Å². The second-order valence-electron chi connectivity index (χ2n) is 5.17. The van der Waals surface area contributed by atoms with E-state index in [1.54, 1.807) is 0 Å². The first-order chi connectivity index (χ1) is 9.00. The minimum Gasteiger partial charge on any atom is -0.477 e. The van der Waals surface area contributed by atoms with Crippen LogP contribution in [0, 0.1) is 5.92 Å². The van der Waals surface area contributed by atoms with Gasteiger partial charge in [0.2, 0.25) is 10.0 Å². The maximum atomic E-state index is 12.6. The number of carbonyl (C=O) groups is 1. The van der Waals surface area contributed by atoms with E-state index in [1.165, 1.54) is 15.8 Å². The van der Waals surface area contributed by atoms with Gasteiger partial charge in [-0.05, 0) is 43.0 Å². The van der Waals surface area contributed by atoms with Crippen LogP contribution >= 0.6 is 11.3 Å². The fraction of sp³-hybridized carbons (Fsp3) is 0.583. The minimum atomic E-state index is -3.66. The second-order valence-corrected chi connectivity index (χ2v) is 7.94. The van der Waals surface area contributed by atoms with E-state index in [-0.39, 0.29) is 15.8 Å². The molecule has 0 aromatic carbocycles. The van der Waals surface area contributed by atoms with Crippen LogP contribution in [-0.4, -0.2) is 36.4 Å². The van der Waals surface area contributed by atoms with Gasteiger partial charge in [-0.1, -0.05) is 0 Å². The van der Waals surface area contributed by atoms with Crippen molar-refractivity contribution in [2.24, 2.45) is 5.92 Å². The second kappa shape index (κ2) is 4.57. The lowest BCUT2D eigenvalue weighted by Gasteiger charge is -2.21. The van der Waals surface area contributed by atoms with Gasteiger partial charge in [0.1, 0.15) is 9.77 Å². The molecule has 3 rings (SSSR count). The zero-order chi connectivity index (χ0) is 13.6. The number of sulfonamides is 1. The number of nitrogens with zero attached hydrogens (tertiary/aromatic N) is 1. The Morgan fingerprint density at radius 1 is 1.37 bits per heavy atom. The molecule has 0 spiro atoms. The maximum absolute atomic E-state index is 12.6. The van der Waals surface area contributed by atoms with Gasteiger partial charge in [0.25, 0.3) is 0 Å². The molecule has 1 aromatic rings. The van der Waals surface area contributed by atoms with Crippen molar-refractivity contribution < 1.29 is 18.3 Å². The van der Waals surface area contributed by atoms with E-state index < -0.39 is 16.0 Å². The van der Waals surface area contributed by atoms with Crippen molar-refractivity contribution in [3.05, 3.63) is 16.3 Å². The van der Waals surface area contributed by atoms with E-state index in [1.807, 2.05) is 0 Å². The van der Waals surface area contributed by atoms with Crippen LogP contribution in [0.15, 0.2) is 16.3 Å². The lowest BCUT2D eigenvalue weighted by molar-refractivity contribution is 0.0698. The molecule has 1 N–H and O–H groups in total. The van der Waals surface area contributed by atoms with Crippen molar-refractivity contribution in [1.29, 1.82) is 0 Å². The summed E-state index contributed by atoms with van der Waals surface area (Å²) in [6.45, 7) is 0.544. The first-order valence-electron chi connectivity index (χ1n) is 6.33. The summed E-state index contributed by atoms with van der Waals surface area (Å²) in [5, 5.41) is 10.6. The van der Waals surface area contributed by atoms with Gasteiger partial charge in [-0.25, -0.2) is 13.2 Å². The molecular weight excluding hydrogens is 286 g/mol. The van der Waals surface area contributed by atoms with Crippen LogP contribution in [0.5, 0.6) is 0 Å². The number of carboxylic acids is 1. The predicted molar refractivity (Wildman–Crippen MR) is 70.9 cm³/mol. The fourth-order valence-electron chi connectivity index (χ4n) is 2.14. The average Bonchev–Trinajstić information content (AvgIpc) is 3.24. The van der Waals surface area contributed by atoms with Gasteiger partial charge < -0.3 is 5.11 Å². The van der Waals surface area contributed by atoms with Crippen LogP contribution in [-0.2, 0) is 10.0 Å². The van der Waals surface area contributed by atoms with E-state index in [9.17, 15) is 13.2 Å². The molecule has 0 amide bonds. The van der Waals surface area contributed by atoms with Crippen LogP contribution in [0.4, 0.5) is 0 Å². The molecule has 1 aromatic heterocycles. The van der Waals surface area contributed by atoms with Crippen molar-refractivity contribution in [3.8, 4) is 0 Å². The van der Waals surface area contributed by atoms with Crippen LogP contribution in [0.25, 0.3) is 0 Å². The summed E-state index contributed by atoms with van der Waals surface area (Å²) in [5.41, 5.74) is 0. The zero-order valence-corrected chi connectivity index (χ0v) is 11.9. The van der Waals surface area contributed by atoms with Crippen molar-refractivity contribution in [2.45, 2.75) is 36.6 Å². The molecule has 5 nitrogen and oxygen atoms in total. The van der Waals surface area contributed by atoms with Crippen LogP contribution < -0.4 is 0 Å². The topological polar surface area (TPSA) is 74.7 Å². The standard InChI is InChI=1S/C12H15NO4S2/c14-12(15)11-10(5-6-18-11)19(16,17)13(9-3-4-9)7-8-1-2-8/h5-6,8-9H,1-4,7H2,(H,14,15). The number of rotatable bonds is 6. The monoisotopic (exact) mass is 301 g/mol. The van der Waals surface area contributed by atoms with Gasteiger partial charge >= 0.3 is 5.97 Å². The lowest BCUT2D eigenvalue weighted by atomic mass is 10.4. The zero-order valence-electron chi connectivity index (χ0n) is 10.3. The Morgan fingerprint density at radius 2 is 2.05 bits per heavy atom. The summed E-state index contributed by atoms with van der Waals surface area (Å²) in [5.74, 6) is -0.710. The van der Waals surface area contributed by atoms with E-state index in [0.717, 1.165) is 37.0 Å². The quantitative estimate of drug-likeness (QED) is 0.872. The Labute approximate surface area is 115 Å². The van der Waals surface area contributed by atoms with Crippen molar-refractivity contribution in [1.82, 2.24) is 4.31 Å². The molecule has 0 aliphatic heterocycles. The van der Waals surface area contributed by atoms with Gasteiger partial charge in [-0.3, -0.25) is 0 Å². The normalized spacial score (nSPS) is 19.8. The van der Waals surface area contributed by atoms with Crippen LogP contribution in [0.2, 0.25) is 0 Å². The number of thiophene rings is 1.